The van der Waals surface area contributed by atoms with Gasteiger partial charge in [0.15, 0.2) is 18.7 Å². The Hall–Kier alpha value is -1.60. The van der Waals surface area contributed by atoms with Crippen LogP contribution in [0.1, 0.15) is 6.92 Å². The second-order valence-corrected chi connectivity index (χ2v) is 8.52. The van der Waals surface area contributed by atoms with Crippen molar-refractivity contribution in [1.29, 1.82) is 0 Å². The van der Waals surface area contributed by atoms with Crippen molar-refractivity contribution in [2.45, 2.75) is 74.3 Å². The lowest BCUT2D eigenvalue weighted by atomic mass is 9.95. The molecule has 0 aliphatic carbocycles. The lowest BCUT2D eigenvalue weighted by Gasteiger charge is -2.47. The first-order valence-electron chi connectivity index (χ1n) is 11.0. The first kappa shape index (κ1) is 30.6. The molecular weight excluding hydrogens is 508 g/mol. The Morgan fingerprint density at radius 2 is 1.64 bits per heavy atom. The zero-order valence-electron chi connectivity index (χ0n) is 20.2. The summed E-state index contributed by atoms with van der Waals surface area (Å²) in [6.07, 6.45) is -13.5. The van der Waals surface area contributed by atoms with Crippen molar-refractivity contribution in [3.63, 3.8) is 0 Å². The molecule has 0 spiro atoms. The number of hydrogen-bond acceptors (Lipinski definition) is 14. The molecule has 11 atom stereocenters. The quantitative estimate of drug-likeness (QED) is 0.103. The van der Waals surface area contributed by atoms with Crippen LogP contribution in [-0.4, -0.2) is 139 Å². The van der Waals surface area contributed by atoms with Crippen molar-refractivity contribution in [3.8, 4) is 0 Å². The number of carbonyl (C=O) groups is 3. The van der Waals surface area contributed by atoms with Crippen molar-refractivity contribution in [2.24, 2.45) is 0 Å². The van der Waals surface area contributed by atoms with Gasteiger partial charge in [0.05, 0.1) is 13.7 Å². The summed E-state index contributed by atoms with van der Waals surface area (Å²) in [4.78, 5) is 36.6. The smallest absolute Gasteiger partial charge is 0.329 e. The molecule has 0 aromatic carbocycles. The van der Waals surface area contributed by atoms with Crippen LogP contribution in [0.4, 0.5) is 0 Å². The van der Waals surface area contributed by atoms with E-state index in [0.29, 0.717) is 0 Å². The van der Waals surface area contributed by atoms with Crippen molar-refractivity contribution in [2.75, 3.05) is 33.7 Å². The summed E-state index contributed by atoms with van der Waals surface area (Å²) in [7, 11) is 3.56. The summed E-state index contributed by atoms with van der Waals surface area (Å²) in [5, 5.41) is 46.5. The lowest BCUT2D eigenvalue weighted by Crippen LogP contribution is -2.68. The van der Waals surface area contributed by atoms with Gasteiger partial charge < -0.3 is 59.5 Å². The molecule has 6 N–H and O–H groups in total. The molecule has 5 unspecified atom stereocenters. The number of aliphatic hydroxyl groups is 4. The van der Waals surface area contributed by atoms with Gasteiger partial charge in [-0.2, -0.15) is 12.6 Å². The Morgan fingerprint density at radius 3 is 2.14 bits per heavy atom. The number of nitrogens with one attached hydrogen (secondary N) is 2. The number of carbonyl (C=O) groups excluding carboxylic acids is 3. The largest absolute Gasteiger partial charge is 0.467 e. The molecule has 208 valence electrons. The Labute approximate surface area is 212 Å². The molecule has 15 nitrogen and oxygen atoms in total. The normalized spacial score (nSPS) is 37.6. The summed E-state index contributed by atoms with van der Waals surface area (Å²) < 4.78 is 31.8. The lowest BCUT2D eigenvalue weighted by molar-refractivity contribution is -0.338. The molecular formula is C20H34N2O13S. The number of methoxy groups -OCH3 is 3. The van der Waals surface area contributed by atoms with E-state index in [1.54, 1.807) is 0 Å². The number of ether oxygens (including phenoxy) is 6. The molecule has 0 radical (unpaired) electrons. The highest BCUT2D eigenvalue weighted by atomic mass is 32.1. The van der Waals surface area contributed by atoms with Gasteiger partial charge in [-0.3, -0.25) is 9.59 Å². The summed E-state index contributed by atoms with van der Waals surface area (Å²) in [6.45, 7) is 0.562. The van der Waals surface area contributed by atoms with Crippen LogP contribution in [0, 0.1) is 0 Å². The molecule has 0 saturated carbocycles. The number of rotatable bonds is 10. The Balaban J connectivity index is 2.32. The van der Waals surface area contributed by atoms with Crippen LogP contribution in [0.15, 0.2) is 0 Å². The number of amides is 2. The molecule has 2 saturated heterocycles. The molecule has 0 aromatic rings. The minimum absolute atomic E-state index is 0.110. The fourth-order valence-electron chi connectivity index (χ4n) is 3.97. The van der Waals surface area contributed by atoms with Crippen LogP contribution in [0.3, 0.4) is 0 Å². The molecule has 2 heterocycles. The molecule has 2 aliphatic heterocycles. The number of aliphatic hydroxyl groups excluding tert-OH is 4. The van der Waals surface area contributed by atoms with Gasteiger partial charge in [0.2, 0.25) is 5.91 Å². The van der Waals surface area contributed by atoms with Gasteiger partial charge in [0.25, 0.3) is 5.91 Å². The van der Waals surface area contributed by atoms with E-state index in [-0.39, 0.29) is 5.75 Å². The maximum atomic E-state index is 12.9. The monoisotopic (exact) mass is 542 g/mol. The van der Waals surface area contributed by atoms with Crippen LogP contribution in [0.25, 0.3) is 0 Å². The van der Waals surface area contributed by atoms with Crippen LogP contribution in [-0.2, 0) is 42.8 Å². The minimum Gasteiger partial charge on any atom is -0.467 e. The number of thiol groups is 1. The predicted octanol–water partition coefficient (Wildman–Crippen LogP) is -4.35. The fraction of sp³-hybridized carbons (Fsp3) is 0.850. The average Bonchev–Trinajstić information content (AvgIpc) is 2.86. The molecule has 2 rings (SSSR count). The predicted molar refractivity (Wildman–Crippen MR) is 121 cm³/mol. The Kier molecular flexibility index (Phi) is 11.7. The third-order valence-corrected chi connectivity index (χ3v) is 6.17. The molecule has 16 heteroatoms. The van der Waals surface area contributed by atoms with E-state index < -0.39 is 91.8 Å². The second kappa shape index (κ2) is 13.8. The maximum Gasteiger partial charge on any atom is 0.329 e. The van der Waals surface area contributed by atoms with Crippen molar-refractivity contribution in [3.05, 3.63) is 0 Å². The molecule has 0 aromatic heterocycles. The zero-order chi connectivity index (χ0) is 27.2. The minimum atomic E-state index is -1.78. The maximum absolute atomic E-state index is 12.9. The van der Waals surface area contributed by atoms with Gasteiger partial charge in [-0.1, -0.05) is 0 Å². The topological polar surface area (TPSA) is 212 Å². The van der Waals surface area contributed by atoms with E-state index in [2.05, 4.69) is 28.0 Å². The molecule has 2 amide bonds. The van der Waals surface area contributed by atoms with E-state index >= 15 is 0 Å². The summed E-state index contributed by atoms with van der Waals surface area (Å²) in [6, 6.07) is -2.29. The summed E-state index contributed by atoms with van der Waals surface area (Å²) in [5.74, 6) is -2.32. The third-order valence-electron chi connectivity index (χ3n) is 5.81. The second-order valence-electron chi connectivity index (χ2n) is 8.15. The Morgan fingerprint density at radius 1 is 0.972 bits per heavy atom. The van der Waals surface area contributed by atoms with Gasteiger partial charge in [0.1, 0.15) is 48.7 Å². The molecule has 2 aliphatic rings. The highest BCUT2D eigenvalue weighted by molar-refractivity contribution is 7.80. The standard InChI is InChI=1S/C20H34N2O13S/c1-7(24)21-10-14(11(25)9(5-23)33-19(10)32-4)34-20-13(27)12(26)15(30-2)16(35-20)17(28)22-8(6-36)18(29)31-3/h8-16,19-20,23,25-27,36H,5-6H2,1-4H3,(H,21,24)(H,22,28)/t8?,9?,10?,11-,12-,13?,14-,15+,16?,19-,20-/m1/s1. The van der Waals surface area contributed by atoms with Gasteiger partial charge in [-0.05, 0) is 0 Å². The first-order valence-corrected chi connectivity index (χ1v) is 11.6. The fourth-order valence-corrected chi connectivity index (χ4v) is 4.21. The SMILES string of the molecule is COC(=O)C(CS)NC(=O)C1O[C@@H](O[C@@H]2C(NC(C)=O)[C@H](OC)OC(CO)[C@H]2O)C(O)[C@@H](O)[C@@H]1OC. The number of hydrogen-bond donors (Lipinski definition) is 7. The van der Waals surface area contributed by atoms with Gasteiger partial charge in [0, 0.05) is 26.9 Å². The average molecular weight is 543 g/mol. The summed E-state index contributed by atoms with van der Waals surface area (Å²) in [5.41, 5.74) is 0. The van der Waals surface area contributed by atoms with Crippen molar-refractivity contribution >= 4 is 30.4 Å². The van der Waals surface area contributed by atoms with Crippen LogP contribution in [0.2, 0.25) is 0 Å². The van der Waals surface area contributed by atoms with Gasteiger partial charge in [-0.15, -0.1) is 0 Å². The van der Waals surface area contributed by atoms with Gasteiger partial charge >= 0.3 is 5.97 Å². The van der Waals surface area contributed by atoms with Crippen molar-refractivity contribution in [1.82, 2.24) is 10.6 Å². The van der Waals surface area contributed by atoms with Crippen LogP contribution < -0.4 is 10.6 Å². The third kappa shape index (κ3) is 6.83. The number of esters is 1. The van der Waals surface area contributed by atoms with Crippen molar-refractivity contribution < 1.29 is 63.2 Å². The molecule has 36 heavy (non-hydrogen) atoms. The highest BCUT2D eigenvalue weighted by Crippen LogP contribution is 2.30. The first-order chi connectivity index (χ1) is 17.0. The Bertz CT molecular complexity index is 761. The molecule has 2 fully saturated rings. The van der Waals surface area contributed by atoms with Crippen LogP contribution in [0.5, 0.6) is 0 Å². The highest BCUT2D eigenvalue weighted by Gasteiger charge is 2.53. The van der Waals surface area contributed by atoms with E-state index in [9.17, 15) is 34.8 Å². The molecule has 0 bridgehead atoms. The van der Waals surface area contributed by atoms with E-state index in [0.717, 1.165) is 7.11 Å². The van der Waals surface area contributed by atoms with E-state index in [1.807, 2.05) is 0 Å². The van der Waals surface area contributed by atoms with E-state index in [4.69, 9.17) is 23.7 Å². The van der Waals surface area contributed by atoms with E-state index in [1.165, 1.54) is 21.1 Å². The van der Waals surface area contributed by atoms with Crippen LogP contribution >= 0.6 is 12.6 Å². The zero-order valence-corrected chi connectivity index (χ0v) is 21.1. The summed E-state index contributed by atoms with van der Waals surface area (Å²) >= 11 is 4.00. The van der Waals surface area contributed by atoms with Gasteiger partial charge in [-0.25, -0.2) is 4.79 Å².